The number of hydrogen-bond acceptors (Lipinski definition) is 5. The Labute approximate surface area is 130 Å². The van der Waals surface area contributed by atoms with Gasteiger partial charge in [-0.15, -0.1) is 0 Å². The highest BCUT2D eigenvalue weighted by atomic mass is 79.9. The number of nitro groups is 1. The zero-order valence-corrected chi connectivity index (χ0v) is 13.3. The minimum atomic E-state index is -0.450. The monoisotopic (exact) mass is 354 g/mol. The molecule has 0 saturated heterocycles. The van der Waals surface area contributed by atoms with Gasteiger partial charge in [-0.25, -0.2) is 9.67 Å². The molecule has 1 aromatic heterocycles. The molecule has 0 amide bonds. The van der Waals surface area contributed by atoms with Gasteiger partial charge in [0, 0.05) is 17.4 Å². The summed E-state index contributed by atoms with van der Waals surface area (Å²) in [6, 6.07) is 5.03. The molecule has 21 heavy (non-hydrogen) atoms. The quantitative estimate of drug-likeness (QED) is 0.451. The van der Waals surface area contributed by atoms with Gasteiger partial charge in [0.05, 0.1) is 4.92 Å². The Morgan fingerprint density at radius 2 is 2.24 bits per heavy atom. The fourth-order valence-corrected chi connectivity index (χ4v) is 2.21. The second kappa shape index (κ2) is 6.66. The highest BCUT2D eigenvalue weighted by Crippen LogP contribution is 2.29. The van der Waals surface area contributed by atoms with Gasteiger partial charge in [0.2, 0.25) is 0 Å². The van der Waals surface area contributed by atoms with Crippen molar-refractivity contribution in [1.82, 2.24) is 14.8 Å². The average molecular weight is 355 g/mol. The Kier molecular flexibility index (Phi) is 4.89. The molecule has 2 aromatic rings. The van der Waals surface area contributed by atoms with Gasteiger partial charge in [-0.2, -0.15) is 5.10 Å². The lowest BCUT2D eigenvalue weighted by atomic mass is 10.2. The van der Waals surface area contributed by atoms with Crippen LogP contribution in [0.25, 0.3) is 0 Å². The van der Waals surface area contributed by atoms with Crippen molar-refractivity contribution in [2.45, 2.75) is 31.8 Å². The van der Waals surface area contributed by atoms with Gasteiger partial charge in [-0.3, -0.25) is 10.1 Å². The van der Waals surface area contributed by atoms with Crippen molar-refractivity contribution in [3.8, 4) is 5.75 Å². The van der Waals surface area contributed by atoms with Crippen LogP contribution in [0.3, 0.4) is 0 Å². The molecular weight excluding hydrogens is 340 g/mol. The fraction of sp³-hybridized carbons (Fsp3) is 0.385. The van der Waals surface area contributed by atoms with Gasteiger partial charge in [0.15, 0.2) is 11.6 Å². The number of halogens is 1. The molecule has 2 rings (SSSR count). The zero-order valence-electron chi connectivity index (χ0n) is 11.7. The lowest BCUT2D eigenvalue weighted by Gasteiger charge is -2.11. The van der Waals surface area contributed by atoms with Crippen molar-refractivity contribution in [2.24, 2.45) is 0 Å². The Hall–Kier alpha value is -1.96. The SMILES string of the molecule is CC(C)n1ncnc1COc1ccc(CBr)cc1[N+](=O)[O-]. The third-order valence-corrected chi connectivity index (χ3v) is 3.51. The van der Waals surface area contributed by atoms with Crippen LogP contribution >= 0.6 is 15.9 Å². The number of ether oxygens (including phenoxy) is 1. The van der Waals surface area contributed by atoms with Crippen LogP contribution in [-0.2, 0) is 11.9 Å². The van der Waals surface area contributed by atoms with Crippen LogP contribution in [0.5, 0.6) is 5.75 Å². The molecule has 0 aliphatic carbocycles. The normalized spacial score (nSPS) is 10.9. The second-order valence-electron chi connectivity index (χ2n) is 4.70. The predicted octanol–water partition coefficient (Wildman–Crippen LogP) is 3.24. The molecule has 0 fully saturated rings. The Morgan fingerprint density at radius 1 is 1.48 bits per heavy atom. The zero-order chi connectivity index (χ0) is 15.4. The van der Waals surface area contributed by atoms with E-state index in [-0.39, 0.29) is 24.1 Å². The number of nitro benzene ring substituents is 1. The number of rotatable bonds is 6. The van der Waals surface area contributed by atoms with Gasteiger partial charge >= 0.3 is 5.69 Å². The number of aromatic nitrogens is 3. The third-order valence-electron chi connectivity index (χ3n) is 2.87. The predicted molar refractivity (Wildman–Crippen MR) is 80.5 cm³/mol. The molecule has 0 bridgehead atoms. The van der Waals surface area contributed by atoms with Gasteiger partial charge in [-0.1, -0.05) is 22.0 Å². The van der Waals surface area contributed by atoms with Crippen molar-refractivity contribution in [2.75, 3.05) is 0 Å². The molecule has 0 radical (unpaired) electrons. The van der Waals surface area contributed by atoms with E-state index in [0.29, 0.717) is 11.2 Å². The standard InChI is InChI=1S/C13H15BrN4O3/c1-9(2)17-13(15-8-16-17)7-21-12-4-3-10(6-14)5-11(12)18(19)20/h3-5,8-9H,6-7H2,1-2H3. The average Bonchev–Trinajstić information content (AvgIpc) is 2.93. The molecule has 0 aliphatic heterocycles. The third kappa shape index (κ3) is 3.57. The summed E-state index contributed by atoms with van der Waals surface area (Å²) in [5.74, 6) is 0.854. The van der Waals surface area contributed by atoms with Crippen LogP contribution in [0.1, 0.15) is 31.3 Å². The molecule has 0 spiro atoms. The molecule has 1 aromatic carbocycles. The lowest BCUT2D eigenvalue weighted by molar-refractivity contribution is -0.386. The van der Waals surface area contributed by atoms with Crippen LogP contribution < -0.4 is 4.74 Å². The molecule has 0 aliphatic rings. The van der Waals surface area contributed by atoms with Gasteiger partial charge < -0.3 is 4.74 Å². The summed E-state index contributed by atoms with van der Waals surface area (Å²) in [4.78, 5) is 14.8. The second-order valence-corrected chi connectivity index (χ2v) is 5.26. The van der Waals surface area contributed by atoms with E-state index >= 15 is 0 Å². The number of hydrogen-bond donors (Lipinski definition) is 0. The summed E-state index contributed by atoms with van der Waals surface area (Å²) in [5, 5.41) is 15.8. The highest BCUT2D eigenvalue weighted by molar-refractivity contribution is 9.08. The maximum Gasteiger partial charge on any atom is 0.311 e. The summed E-state index contributed by atoms with van der Waals surface area (Å²) >= 11 is 3.28. The molecule has 8 heteroatoms. The van der Waals surface area contributed by atoms with Crippen LogP contribution in [0.2, 0.25) is 0 Å². The molecule has 0 saturated carbocycles. The summed E-state index contributed by atoms with van der Waals surface area (Å²) in [6.45, 7) is 4.09. The maximum absolute atomic E-state index is 11.1. The van der Waals surface area contributed by atoms with E-state index < -0.39 is 4.92 Å². The first-order chi connectivity index (χ1) is 10.0. The molecular formula is C13H15BrN4O3. The molecule has 7 nitrogen and oxygen atoms in total. The fourth-order valence-electron chi connectivity index (χ4n) is 1.86. The van der Waals surface area contributed by atoms with E-state index in [1.165, 1.54) is 12.4 Å². The first-order valence-electron chi connectivity index (χ1n) is 6.37. The minimum absolute atomic E-state index is 0.0532. The van der Waals surface area contributed by atoms with E-state index in [2.05, 4.69) is 26.0 Å². The Morgan fingerprint density at radius 3 is 2.86 bits per heavy atom. The van der Waals surface area contributed by atoms with Gasteiger partial charge in [0.25, 0.3) is 0 Å². The Bertz CT molecular complexity index is 642. The maximum atomic E-state index is 11.1. The summed E-state index contributed by atoms with van der Waals surface area (Å²) < 4.78 is 7.27. The van der Waals surface area contributed by atoms with Gasteiger partial charge in [0.1, 0.15) is 12.9 Å². The van der Waals surface area contributed by atoms with Crippen molar-refractivity contribution in [1.29, 1.82) is 0 Å². The van der Waals surface area contributed by atoms with E-state index in [1.54, 1.807) is 16.8 Å². The lowest BCUT2D eigenvalue weighted by Crippen LogP contribution is -2.11. The van der Waals surface area contributed by atoms with Crippen molar-refractivity contribution in [3.05, 3.63) is 46.0 Å². The first-order valence-corrected chi connectivity index (χ1v) is 7.49. The topological polar surface area (TPSA) is 83.1 Å². The highest BCUT2D eigenvalue weighted by Gasteiger charge is 2.17. The molecule has 0 N–H and O–H groups in total. The Balaban J connectivity index is 2.20. The van der Waals surface area contributed by atoms with Crippen molar-refractivity contribution in [3.63, 3.8) is 0 Å². The van der Waals surface area contributed by atoms with Crippen LogP contribution in [0, 0.1) is 10.1 Å². The largest absolute Gasteiger partial charge is 0.479 e. The number of alkyl halides is 1. The summed E-state index contributed by atoms with van der Waals surface area (Å²) in [7, 11) is 0. The van der Waals surface area contributed by atoms with Gasteiger partial charge in [-0.05, 0) is 25.5 Å². The van der Waals surface area contributed by atoms with Crippen LogP contribution in [-0.4, -0.2) is 19.7 Å². The number of benzene rings is 1. The van der Waals surface area contributed by atoms with E-state index in [9.17, 15) is 10.1 Å². The van der Waals surface area contributed by atoms with Crippen LogP contribution in [0.4, 0.5) is 5.69 Å². The van der Waals surface area contributed by atoms with Crippen molar-refractivity contribution >= 4 is 21.6 Å². The minimum Gasteiger partial charge on any atom is -0.479 e. The smallest absolute Gasteiger partial charge is 0.311 e. The van der Waals surface area contributed by atoms with E-state index in [4.69, 9.17) is 4.74 Å². The number of nitrogens with zero attached hydrogens (tertiary/aromatic N) is 4. The van der Waals surface area contributed by atoms with E-state index in [1.807, 2.05) is 13.8 Å². The first kappa shape index (κ1) is 15.4. The van der Waals surface area contributed by atoms with Crippen molar-refractivity contribution < 1.29 is 9.66 Å². The summed E-state index contributed by atoms with van der Waals surface area (Å²) in [5.41, 5.74) is 0.766. The molecule has 112 valence electrons. The molecule has 0 atom stereocenters. The van der Waals surface area contributed by atoms with Crippen LogP contribution in [0.15, 0.2) is 24.5 Å². The van der Waals surface area contributed by atoms with E-state index in [0.717, 1.165) is 5.56 Å². The molecule has 1 heterocycles. The summed E-state index contributed by atoms with van der Waals surface area (Å²) in [6.07, 6.45) is 1.45. The molecule has 0 unspecified atom stereocenters.